The topological polar surface area (TPSA) is 103 Å². The van der Waals surface area contributed by atoms with Gasteiger partial charge in [-0.05, 0) is 24.6 Å². The quantitative estimate of drug-likeness (QED) is 0.643. The molecule has 0 saturated heterocycles. The molecule has 9 heteroatoms. The number of ether oxygens (including phenoxy) is 1. The molecule has 1 aromatic carbocycles. The second-order valence-electron chi connectivity index (χ2n) is 6.48. The van der Waals surface area contributed by atoms with Crippen molar-refractivity contribution in [3.05, 3.63) is 50.7 Å². The second kappa shape index (κ2) is 7.28. The molecule has 1 unspecified atom stereocenters. The summed E-state index contributed by atoms with van der Waals surface area (Å²) in [6.07, 6.45) is -0.569. The molecule has 0 aliphatic carbocycles. The molecule has 0 spiro atoms. The van der Waals surface area contributed by atoms with Crippen LogP contribution < -0.4 is 21.3 Å². The monoisotopic (exact) mass is 373 g/mol. The fourth-order valence-electron chi connectivity index (χ4n) is 2.89. The Hall–Kier alpha value is -3.07. The number of aromatic nitrogens is 4. The summed E-state index contributed by atoms with van der Waals surface area (Å²) >= 11 is 0. The largest absolute Gasteiger partial charge is 0.497 e. The molecule has 0 amide bonds. The van der Waals surface area contributed by atoms with Crippen molar-refractivity contribution in [2.24, 2.45) is 14.1 Å². The number of hydrogen-bond donors (Lipinski definition) is 2. The Kier molecular flexibility index (Phi) is 5.04. The molecule has 0 radical (unpaired) electrons. The highest BCUT2D eigenvalue weighted by molar-refractivity contribution is 5.74. The van der Waals surface area contributed by atoms with Gasteiger partial charge in [-0.15, -0.1) is 0 Å². The molecule has 0 aliphatic heterocycles. The highest BCUT2D eigenvalue weighted by Gasteiger charge is 2.18. The fraction of sp³-hybridized carbons (Fsp3) is 0.389. The molecule has 0 fully saturated rings. The van der Waals surface area contributed by atoms with Gasteiger partial charge in [-0.2, -0.15) is 4.98 Å². The molecule has 2 N–H and O–H groups in total. The van der Waals surface area contributed by atoms with E-state index in [1.165, 1.54) is 9.13 Å². The SMILES string of the molecule is COc1ccc(Cn2c(=O)c3c(nc(NCC(C)O)n3C)n(C)c2=O)cc1. The van der Waals surface area contributed by atoms with Gasteiger partial charge in [0.1, 0.15) is 5.75 Å². The molecule has 144 valence electrons. The molecular formula is C18H23N5O4. The number of nitrogens with one attached hydrogen (secondary N) is 1. The number of aliphatic hydroxyl groups is 1. The van der Waals surface area contributed by atoms with Crippen molar-refractivity contribution in [2.45, 2.75) is 19.6 Å². The van der Waals surface area contributed by atoms with Crippen molar-refractivity contribution < 1.29 is 9.84 Å². The zero-order valence-electron chi connectivity index (χ0n) is 15.8. The van der Waals surface area contributed by atoms with Gasteiger partial charge in [-0.25, -0.2) is 4.79 Å². The molecule has 2 heterocycles. The lowest BCUT2D eigenvalue weighted by Gasteiger charge is -2.09. The van der Waals surface area contributed by atoms with Crippen molar-refractivity contribution in [3.63, 3.8) is 0 Å². The summed E-state index contributed by atoms with van der Waals surface area (Å²) in [5.41, 5.74) is 0.571. The standard InChI is InChI=1S/C18H23N5O4/c1-11(24)9-19-17-20-15-14(21(17)2)16(25)23(18(26)22(15)3)10-12-5-7-13(27-4)8-6-12/h5-8,11,24H,9-10H2,1-4H3,(H,19,20). The van der Waals surface area contributed by atoms with Crippen LogP contribution in [0.25, 0.3) is 11.2 Å². The summed E-state index contributed by atoms with van der Waals surface area (Å²) in [6, 6.07) is 7.19. The zero-order valence-corrected chi connectivity index (χ0v) is 15.8. The molecule has 27 heavy (non-hydrogen) atoms. The summed E-state index contributed by atoms with van der Waals surface area (Å²) in [5.74, 6) is 1.12. The van der Waals surface area contributed by atoms with Crippen LogP contribution in [0.3, 0.4) is 0 Å². The van der Waals surface area contributed by atoms with E-state index in [4.69, 9.17) is 4.74 Å². The molecule has 0 aliphatic rings. The lowest BCUT2D eigenvalue weighted by atomic mass is 10.2. The Morgan fingerprint density at radius 1 is 1.19 bits per heavy atom. The van der Waals surface area contributed by atoms with Gasteiger partial charge in [0.2, 0.25) is 5.95 Å². The van der Waals surface area contributed by atoms with E-state index in [0.29, 0.717) is 22.9 Å². The molecule has 2 aromatic heterocycles. The number of aryl methyl sites for hydroxylation is 2. The average Bonchev–Trinajstić information content (AvgIpc) is 2.99. The van der Waals surface area contributed by atoms with Gasteiger partial charge in [0, 0.05) is 20.6 Å². The lowest BCUT2D eigenvalue weighted by Crippen LogP contribution is -2.39. The molecular weight excluding hydrogens is 350 g/mol. The summed E-state index contributed by atoms with van der Waals surface area (Å²) in [4.78, 5) is 30.0. The number of imidazole rings is 1. The first-order chi connectivity index (χ1) is 12.8. The maximum Gasteiger partial charge on any atom is 0.332 e. The number of benzene rings is 1. The van der Waals surface area contributed by atoms with E-state index in [1.54, 1.807) is 44.8 Å². The van der Waals surface area contributed by atoms with Crippen LogP contribution in [0, 0.1) is 0 Å². The minimum Gasteiger partial charge on any atom is -0.497 e. The second-order valence-corrected chi connectivity index (χ2v) is 6.48. The van der Waals surface area contributed by atoms with Crippen LogP contribution in [-0.2, 0) is 20.6 Å². The molecule has 3 aromatic rings. The lowest BCUT2D eigenvalue weighted by molar-refractivity contribution is 0.208. The van der Waals surface area contributed by atoms with E-state index in [0.717, 1.165) is 5.56 Å². The van der Waals surface area contributed by atoms with Gasteiger partial charge in [-0.3, -0.25) is 13.9 Å². The zero-order chi connectivity index (χ0) is 19.7. The van der Waals surface area contributed by atoms with Crippen LogP contribution in [0.4, 0.5) is 5.95 Å². The van der Waals surface area contributed by atoms with Gasteiger partial charge in [0.15, 0.2) is 11.2 Å². The van der Waals surface area contributed by atoms with Crippen LogP contribution in [0.2, 0.25) is 0 Å². The normalized spacial score (nSPS) is 12.3. The number of fused-ring (bicyclic) bond motifs is 1. The van der Waals surface area contributed by atoms with Crippen molar-refractivity contribution in [2.75, 3.05) is 19.0 Å². The van der Waals surface area contributed by atoms with Crippen LogP contribution in [0.15, 0.2) is 33.9 Å². The van der Waals surface area contributed by atoms with Crippen LogP contribution in [0.5, 0.6) is 5.75 Å². The van der Waals surface area contributed by atoms with Crippen molar-refractivity contribution >= 4 is 17.1 Å². The Morgan fingerprint density at radius 3 is 2.44 bits per heavy atom. The van der Waals surface area contributed by atoms with E-state index in [1.807, 2.05) is 12.1 Å². The highest BCUT2D eigenvalue weighted by Crippen LogP contribution is 2.14. The molecule has 1 atom stereocenters. The third kappa shape index (κ3) is 3.45. The molecule has 3 rings (SSSR count). The number of nitrogens with zero attached hydrogens (tertiary/aromatic N) is 4. The highest BCUT2D eigenvalue weighted by atomic mass is 16.5. The third-order valence-corrected chi connectivity index (χ3v) is 4.42. The number of rotatable bonds is 6. The Labute approximate surface area is 155 Å². The maximum absolute atomic E-state index is 13.0. The smallest absolute Gasteiger partial charge is 0.332 e. The van der Waals surface area contributed by atoms with Gasteiger partial charge >= 0.3 is 5.69 Å². The summed E-state index contributed by atoms with van der Waals surface area (Å²) in [6.45, 7) is 2.07. The van der Waals surface area contributed by atoms with E-state index in [-0.39, 0.29) is 13.1 Å². The van der Waals surface area contributed by atoms with Gasteiger partial charge < -0.3 is 19.7 Å². The Bertz CT molecular complexity index is 1080. The summed E-state index contributed by atoms with van der Waals surface area (Å²) < 4.78 is 9.27. The number of anilines is 1. The van der Waals surface area contributed by atoms with Gasteiger partial charge in [0.05, 0.1) is 19.8 Å². The number of methoxy groups -OCH3 is 1. The van der Waals surface area contributed by atoms with Gasteiger partial charge in [-0.1, -0.05) is 12.1 Å². The summed E-state index contributed by atoms with van der Waals surface area (Å²) in [5, 5.41) is 12.4. The first-order valence-corrected chi connectivity index (χ1v) is 8.54. The van der Waals surface area contributed by atoms with Gasteiger partial charge in [0.25, 0.3) is 5.56 Å². The van der Waals surface area contributed by atoms with Crippen LogP contribution in [0.1, 0.15) is 12.5 Å². The maximum atomic E-state index is 13.0. The average molecular weight is 373 g/mol. The van der Waals surface area contributed by atoms with Crippen LogP contribution >= 0.6 is 0 Å². The minimum atomic E-state index is -0.569. The predicted molar refractivity (Wildman–Crippen MR) is 102 cm³/mol. The molecule has 0 saturated carbocycles. The Balaban J connectivity index is 2.09. The predicted octanol–water partition coefficient (Wildman–Crippen LogP) is 0.283. The molecule has 0 bridgehead atoms. The van der Waals surface area contributed by atoms with E-state index < -0.39 is 17.4 Å². The minimum absolute atomic E-state index is 0.146. The Morgan fingerprint density at radius 2 is 1.85 bits per heavy atom. The first-order valence-electron chi connectivity index (χ1n) is 8.54. The van der Waals surface area contributed by atoms with E-state index in [2.05, 4.69) is 10.3 Å². The first kappa shape index (κ1) is 18.7. The van der Waals surface area contributed by atoms with Crippen LogP contribution in [-0.4, -0.2) is 43.6 Å². The van der Waals surface area contributed by atoms with E-state index >= 15 is 0 Å². The number of hydrogen-bond acceptors (Lipinski definition) is 6. The van der Waals surface area contributed by atoms with Crippen molar-refractivity contribution in [1.82, 2.24) is 18.7 Å². The fourth-order valence-corrected chi connectivity index (χ4v) is 2.89. The van der Waals surface area contributed by atoms with E-state index in [9.17, 15) is 14.7 Å². The summed E-state index contributed by atoms with van der Waals surface area (Å²) in [7, 11) is 4.86. The third-order valence-electron chi connectivity index (χ3n) is 4.42. The van der Waals surface area contributed by atoms with Crippen molar-refractivity contribution in [3.8, 4) is 5.75 Å². The number of aliphatic hydroxyl groups excluding tert-OH is 1. The molecule has 9 nitrogen and oxygen atoms in total. The van der Waals surface area contributed by atoms with Crippen molar-refractivity contribution in [1.29, 1.82) is 0 Å².